The smallest absolute Gasteiger partial charge is 0.274 e. The Bertz CT molecular complexity index is 2190. The van der Waals surface area contributed by atoms with Gasteiger partial charge >= 0.3 is 0 Å². The molecule has 0 radical (unpaired) electrons. The summed E-state index contributed by atoms with van der Waals surface area (Å²) in [6.07, 6.45) is 5.76. The lowest BCUT2D eigenvalue weighted by molar-refractivity contribution is -0.117. The molecule has 2 aliphatic carbocycles. The van der Waals surface area contributed by atoms with Gasteiger partial charge in [-0.25, -0.2) is 9.37 Å². The number of amides is 3. The number of nitrogens with zero attached hydrogens (tertiary/aromatic N) is 8. The quantitative estimate of drug-likeness (QED) is 0.102. The number of benzene rings is 1. The molecule has 2 saturated heterocycles. The highest BCUT2D eigenvalue weighted by Crippen LogP contribution is 2.55. The minimum atomic E-state index is -0.968. The van der Waals surface area contributed by atoms with E-state index in [2.05, 4.69) is 88.2 Å². The predicted molar refractivity (Wildman–Crippen MR) is 213 cm³/mol. The molecule has 3 aromatic heterocycles. The molecule has 55 heavy (non-hydrogen) atoms. The highest BCUT2D eigenvalue weighted by molar-refractivity contribution is 14.1. The average molecular weight is 860 g/mol. The summed E-state index contributed by atoms with van der Waals surface area (Å²) >= 11 is 2.55. The summed E-state index contributed by atoms with van der Waals surface area (Å²) in [6, 6.07) is 13.6. The van der Waals surface area contributed by atoms with E-state index in [9.17, 15) is 18.8 Å². The molecule has 0 unspecified atom stereocenters. The Kier molecular flexibility index (Phi) is 9.22. The zero-order valence-corrected chi connectivity index (χ0v) is 32.9. The van der Waals surface area contributed by atoms with Crippen LogP contribution in [-0.4, -0.2) is 97.9 Å². The number of rotatable bonds is 11. The van der Waals surface area contributed by atoms with Crippen LogP contribution in [-0.2, 0) is 14.9 Å². The number of hydrogen-bond donors (Lipinski definition) is 3. The molecule has 3 aliphatic heterocycles. The van der Waals surface area contributed by atoms with Gasteiger partial charge in [-0.3, -0.25) is 24.0 Å². The summed E-state index contributed by atoms with van der Waals surface area (Å²) in [7, 11) is 2.09. The number of para-hydroxylation sites is 1. The molecule has 2 atom stereocenters. The maximum absolute atomic E-state index is 13.8. The summed E-state index contributed by atoms with van der Waals surface area (Å²) in [5.74, 6) is -0.315. The van der Waals surface area contributed by atoms with Crippen LogP contribution in [0.15, 0.2) is 48.7 Å². The fraction of sp³-hybridized carbons (Fsp3) is 0.462. The zero-order valence-electron chi connectivity index (χ0n) is 30.8. The normalized spacial score (nSPS) is 22.1. The van der Waals surface area contributed by atoms with E-state index in [1.165, 1.54) is 0 Å². The van der Waals surface area contributed by atoms with Gasteiger partial charge in [-0.1, -0.05) is 25.1 Å². The molecule has 6 heterocycles. The lowest BCUT2D eigenvalue weighted by atomic mass is 9.91. The van der Waals surface area contributed by atoms with E-state index < -0.39 is 9.72 Å². The summed E-state index contributed by atoms with van der Waals surface area (Å²) in [6.45, 7) is 4.88. The van der Waals surface area contributed by atoms with E-state index in [-0.39, 0.29) is 48.0 Å². The first-order chi connectivity index (χ1) is 26.6. The largest absolute Gasteiger partial charge is 0.353 e. The molecule has 16 heteroatoms. The lowest BCUT2D eigenvalue weighted by Gasteiger charge is -2.47. The van der Waals surface area contributed by atoms with Gasteiger partial charge in [0.2, 0.25) is 5.91 Å². The van der Waals surface area contributed by atoms with Gasteiger partial charge in [-0.05, 0) is 79.3 Å². The summed E-state index contributed by atoms with van der Waals surface area (Å²) in [5.41, 5.74) is 6.75. The van der Waals surface area contributed by atoms with Crippen LogP contribution < -0.4 is 20.9 Å². The number of pyridine rings is 1. The monoisotopic (exact) mass is 859 g/mol. The molecule has 0 bridgehead atoms. The van der Waals surface area contributed by atoms with Crippen molar-refractivity contribution in [1.29, 1.82) is 0 Å². The maximum Gasteiger partial charge on any atom is 0.274 e. The Labute approximate surface area is 331 Å². The molecule has 2 saturated carbocycles. The predicted octanol–water partition coefficient (Wildman–Crippen LogP) is 5.41. The van der Waals surface area contributed by atoms with E-state index in [1.807, 2.05) is 30.5 Å². The summed E-state index contributed by atoms with van der Waals surface area (Å²) in [5, 5.41) is 22.9. The molecule has 3 amide bonds. The van der Waals surface area contributed by atoms with Crippen molar-refractivity contribution < 1.29 is 18.8 Å². The van der Waals surface area contributed by atoms with Crippen LogP contribution in [0.4, 0.5) is 27.3 Å². The number of aromatic nitrogens is 5. The van der Waals surface area contributed by atoms with Gasteiger partial charge in [0.1, 0.15) is 15.4 Å². The fourth-order valence-electron chi connectivity index (χ4n) is 7.90. The highest BCUT2D eigenvalue weighted by atomic mass is 127. The first-order valence-electron chi connectivity index (χ1n) is 19.1. The molecular formula is C39H43FIN11O3. The molecule has 286 valence electrons. The van der Waals surface area contributed by atoms with Crippen LogP contribution >= 0.6 is 22.6 Å². The Hall–Kier alpha value is -4.71. The molecule has 1 aromatic carbocycles. The van der Waals surface area contributed by atoms with E-state index in [1.54, 1.807) is 17.0 Å². The van der Waals surface area contributed by atoms with Crippen LogP contribution in [0.5, 0.6) is 0 Å². The highest BCUT2D eigenvalue weighted by Gasteiger charge is 2.46. The van der Waals surface area contributed by atoms with E-state index >= 15 is 0 Å². The number of alkyl halides is 2. The minimum absolute atomic E-state index is 0.00547. The van der Waals surface area contributed by atoms with Crippen molar-refractivity contribution in [2.75, 3.05) is 48.8 Å². The third kappa shape index (κ3) is 6.80. The Morgan fingerprint density at radius 2 is 1.78 bits per heavy atom. The van der Waals surface area contributed by atoms with Crippen molar-refractivity contribution in [2.45, 2.75) is 73.8 Å². The molecule has 5 aliphatic rings. The number of carbonyl (C=O) groups is 3. The SMILES string of the molecule is CC[C@@]1(I)c2c(cnn2C2CN(Cc3cccc(C(=O)N4CC[C@H](F)C4)n3)C2)-c2cccc(Nc3cc(NC(=O)C4CC4)nnc3C(=O)NC3CC3)c2N1C. The third-order valence-electron chi connectivity index (χ3n) is 11.3. The molecule has 4 fully saturated rings. The van der Waals surface area contributed by atoms with Crippen molar-refractivity contribution in [3.63, 3.8) is 0 Å². The second-order valence-electron chi connectivity index (χ2n) is 15.4. The van der Waals surface area contributed by atoms with Crippen LogP contribution in [0.3, 0.4) is 0 Å². The van der Waals surface area contributed by atoms with Gasteiger partial charge in [0.05, 0.1) is 47.2 Å². The third-order valence-corrected chi connectivity index (χ3v) is 13.3. The van der Waals surface area contributed by atoms with Crippen molar-refractivity contribution in [3.05, 3.63) is 71.4 Å². The van der Waals surface area contributed by atoms with Crippen molar-refractivity contribution in [3.8, 4) is 11.1 Å². The molecule has 0 spiro atoms. The summed E-state index contributed by atoms with van der Waals surface area (Å²) < 4.78 is 15.5. The van der Waals surface area contributed by atoms with Gasteiger partial charge in [0, 0.05) is 62.4 Å². The number of halogens is 2. The Balaban J connectivity index is 0.970. The molecule has 14 nitrogen and oxygen atoms in total. The van der Waals surface area contributed by atoms with Crippen LogP contribution in [0.1, 0.15) is 83.9 Å². The molecule has 9 rings (SSSR count). The van der Waals surface area contributed by atoms with Gasteiger partial charge in [0.15, 0.2) is 11.5 Å². The standard InChI is InChI=1S/C39H43FIN11O3/c1-3-39(41)35-28(17-42-52(35)26-20-50(21-26)19-25-6-4-9-30(43-25)38(55)51-15-14-23(40)18-51)27-7-5-8-29(34(27)49(39)2)45-31-16-32(46-36(53)22-10-11-22)47-48-33(31)37(54)44-24-12-13-24/h4-9,16-17,22-24,26H,3,10-15,18-21H2,1-2H3,(H,44,54)(H2,45,46,47,53)/t23-,39-/m0/s1. The van der Waals surface area contributed by atoms with Crippen LogP contribution in [0, 0.1) is 5.92 Å². The van der Waals surface area contributed by atoms with Gasteiger partial charge < -0.3 is 25.8 Å². The average Bonchev–Trinajstić information content (AvgIpc) is 4.10. The second kappa shape index (κ2) is 14.1. The number of nitrogens with one attached hydrogen (secondary N) is 3. The maximum atomic E-state index is 13.8. The van der Waals surface area contributed by atoms with E-state index in [0.717, 1.165) is 79.1 Å². The molecule has 4 aromatic rings. The summed E-state index contributed by atoms with van der Waals surface area (Å²) in [4.78, 5) is 49.7. The van der Waals surface area contributed by atoms with Crippen molar-refractivity contribution >= 4 is 63.2 Å². The first kappa shape index (κ1) is 36.0. The first-order valence-corrected chi connectivity index (χ1v) is 20.2. The molecular weight excluding hydrogens is 816 g/mol. The fourth-order valence-corrected chi connectivity index (χ4v) is 8.68. The number of carbonyl (C=O) groups excluding carboxylic acids is 3. The lowest BCUT2D eigenvalue weighted by Crippen LogP contribution is -2.50. The van der Waals surface area contributed by atoms with Gasteiger partial charge in [0.25, 0.3) is 11.8 Å². The van der Waals surface area contributed by atoms with Crippen LogP contribution in [0.25, 0.3) is 11.1 Å². The molecule has 3 N–H and O–H groups in total. The van der Waals surface area contributed by atoms with Gasteiger partial charge in [-0.15, -0.1) is 10.2 Å². The van der Waals surface area contributed by atoms with E-state index in [0.29, 0.717) is 36.7 Å². The number of fused-ring (bicyclic) bond motifs is 3. The van der Waals surface area contributed by atoms with Crippen molar-refractivity contribution in [1.82, 2.24) is 40.1 Å². The second-order valence-corrected chi connectivity index (χ2v) is 17.1. The zero-order chi connectivity index (χ0) is 38.0. The number of hydrogen-bond acceptors (Lipinski definition) is 10. The van der Waals surface area contributed by atoms with E-state index in [4.69, 9.17) is 5.10 Å². The Morgan fingerprint density at radius 1 is 0.982 bits per heavy atom. The Morgan fingerprint density at radius 3 is 2.51 bits per heavy atom. The van der Waals surface area contributed by atoms with Crippen LogP contribution in [0.2, 0.25) is 0 Å². The van der Waals surface area contributed by atoms with Gasteiger partial charge in [-0.2, -0.15) is 5.10 Å². The number of anilines is 4. The topological polar surface area (TPSA) is 154 Å². The minimum Gasteiger partial charge on any atom is -0.353 e. The van der Waals surface area contributed by atoms with Crippen molar-refractivity contribution in [2.24, 2.45) is 5.92 Å². The number of likely N-dealkylation sites (tertiary alicyclic amines) is 2.